The van der Waals surface area contributed by atoms with Gasteiger partial charge in [0.25, 0.3) is 0 Å². The van der Waals surface area contributed by atoms with Crippen molar-refractivity contribution in [1.29, 1.82) is 0 Å². The van der Waals surface area contributed by atoms with E-state index >= 15 is 0 Å². The molecule has 0 fully saturated rings. The predicted molar refractivity (Wildman–Crippen MR) is 11.2 cm³/mol. The Morgan fingerprint density at radius 2 is 1.14 bits per heavy atom. The maximum absolute atomic E-state index is 8.52. The third kappa shape index (κ3) is 728. The molecule has 0 saturated carbocycles. The zero-order chi connectivity index (χ0) is 4.50. The SMILES string of the molecule is O=S(=O)([O-])[O-].[O-2].[V+4]. The van der Waals surface area contributed by atoms with Gasteiger partial charge < -0.3 is 14.6 Å². The van der Waals surface area contributed by atoms with Crippen LogP contribution in [0.2, 0.25) is 0 Å². The molecule has 1 radical (unpaired) electrons. The van der Waals surface area contributed by atoms with Gasteiger partial charge in [0.05, 0.1) is 0 Å². The van der Waals surface area contributed by atoms with Crippen LogP contribution >= 0.6 is 0 Å². The van der Waals surface area contributed by atoms with Crippen molar-refractivity contribution in [1.82, 2.24) is 0 Å². The Balaban J connectivity index is -0.0000000800. The fourth-order valence-corrected chi connectivity index (χ4v) is 0. The molecule has 7 heteroatoms. The summed E-state index contributed by atoms with van der Waals surface area (Å²) in [6.07, 6.45) is 0. The normalized spacial score (nSPS) is 8.29. The Bertz CT molecular complexity index is 91.2. The Kier molecular flexibility index (Phi) is 10.2. The summed E-state index contributed by atoms with van der Waals surface area (Å²) in [4.78, 5) is 0. The molecule has 0 aromatic rings. The van der Waals surface area contributed by atoms with Crippen molar-refractivity contribution >= 4 is 10.4 Å². The van der Waals surface area contributed by atoms with Gasteiger partial charge in [-0.25, -0.2) is 0 Å². The number of hydrogen-bond acceptors (Lipinski definition) is 4. The largest absolute Gasteiger partial charge is 4.00 e. The van der Waals surface area contributed by atoms with Crippen molar-refractivity contribution < 1.29 is 41.6 Å². The molecule has 0 amide bonds. The van der Waals surface area contributed by atoms with Gasteiger partial charge in [0.2, 0.25) is 0 Å². The molecule has 0 aliphatic heterocycles. The van der Waals surface area contributed by atoms with Gasteiger partial charge in [0.1, 0.15) is 0 Å². The molecule has 0 saturated heterocycles. The van der Waals surface area contributed by atoms with Gasteiger partial charge in [0, 0.05) is 10.4 Å². The van der Waals surface area contributed by atoms with Crippen LogP contribution in [0.1, 0.15) is 0 Å². The molecule has 0 heterocycles. The Morgan fingerprint density at radius 3 is 1.14 bits per heavy atom. The molecule has 7 heavy (non-hydrogen) atoms. The van der Waals surface area contributed by atoms with E-state index in [0.717, 1.165) is 0 Å². The minimum Gasteiger partial charge on any atom is -2.00 e. The topological polar surface area (TPSA) is 109 Å². The monoisotopic (exact) mass is 163 g/mol. The van der Waals surface area contributed by atoms with Crippen LogP contribution in [-0.4, -0.2) is 17.5 Å². The van der Waals surface area contributed by atoms with Crippen LogP contribution in [-0.2, 0) is 34.4 Å². The molecule has 0 unspecified atom stereocenters. The Hall–Kier alpha value is 0.414. The van der Waals surface area contributed by atoms with E-state index in [1.165, 1.54) is 0 Å². The maximum Gasteiger partial charge on any atom is 4.00 e. The van der Waals surface area contributed by atoms with Gasteiger partial charge in [-0.1, -0.05) is 0 Å². The minimum atomic E-state index is -5.17. The molecule has 41 valence electrons. The van der Waals surface area contributed by atoms with Crippen LogP contribution in [0.4, 0.5) is 0 Å². The summed E-state index contributed by atoms with van der Waals surface area (Å²) in [6, 6.07) is 0. The second kappa shape index (κ2) is 4.57. The first-order valence-electron chi connectivity index (χ1n) is 0.667. The Morgan fingerprint density at radius 1 is 1.14 bits per heavy atom. The van der Waals surface area contributed by atoms with Gasteiger partial charge in [-0.05, 0) is 0 Å². The van der Waals surface area contributed by atoms with Crippen molar-refractivity contribution in [2.24, 2.45) is 0 Å². The van der Waals surface area contributed by atoms with E-state index in [4.69, 9.17) is 17.5 Å². The average molecular weight is 163 g/mol. The second-order valence-corrected chi connectivity index (χ2v) is 1.22. The first-order chi connectivity index (χ1) is 2.00. The summed E-state index contributed by atoms with van der Waals surface area (Å²) in [5, 5.41) is 0. The van der Waals surface area contributed by atoms with Crippen molar-refractivity contribution in [3.8, 4) is 0 Å². The first kappa shape index (κ1) is 15.7. The number of rotatable bonds is 0. The van der Waals surface area contributed by atoms with Crippen molar-refractivity contribution in [2.75, 3.05) is 0 Å². The van der Waals surface area contributed by atoms with Crippen LogP contribution in [0.5, 0.6) is 0 Å². The van der Waals surface area contributed by atoms with Crippen LogP contribution in [0.25, 0.3) is 0 Å². The van der Waals surface area contributed by atoms with E-state index in [9.17, 15) is 0 Å². The van der Waals surface area contributed by atoms with Crippen LogP contribution in [0.3, 0.4) is 0 Å². The standard InChI is InChI=1S/H2O4S.O.V/c1-5(2,3)4;;/h(H2,1,2,3,4);;/q;-2;+4/p-2. The zero-order valence-corrected chi connectivity index (χ0v) is 5.11. The Labute approximate surface area is 52.5 Å². The molecule has 0 aliphatic rings. The molecule has 5 nitrogen and oxygen atoms in total. The summed E-state index contributed by atoms with van der Waals surface area (Å²) in [5.74, 6) is 0. The average Bonchev–Trinajstić information content (AvgIpc) is 0.722. The number of hydrogen-bond donors (Lipinski definition) is 0. The van der Waals surface area contributed by atoms with E-state index < -0.39 is 10.4 Å². The van der Waals surface area contributed by atoms with Crippen molar-refractivity contribution in [2.45, 2.75) is 0 Å². The molecular weight excluding hydrogens is 163 g/mol. The molecule has 0 aromatic heterocycles. The minimum absolute atomic E-state index is 0. The third-order valence-electron chi connectivity index (χ3n) is 0. The summed E-state index contributed by atoms with van der Waals surface area (Å²) in [7, 11) is -5.17. The third-order valence-corrected chi connectivity index (χ3v) is 0. The second-order valence-electron chi connectivity index (χ2n) is 0.408. The first-order valence-corrected chi connectivity index (χ1v) is 2.00. The summed E-state index contributed by atoms with van der Waals surface area (Å²) >= 11 is 0. The smallest absolute Gasteiger partial charge is 2.00 e. The molecule has 0 spiro atoms. The van der Waals surface area contributed by atoms with Gasteiger partial charge >= 0.3 is 18.6 Å². The summed E-state index contributed by atoms with van der Waals surface area (Å²) in [6.45, 7) is 0. The molecule has 0 rings (SSSR count). The fourth-order valence-electron chi connectivity index (χ4n) is 0. The van der Waals surface area contributed by atoms with Crippen molar-refractivity contribution in [3.05, 3.63) is 0 Å². The van der Waals surface area contributed by atoms with Gasteiger partial charge in [-0.15, -0.1) is 0 Å². The van der Waals surface area contributed by atoms with E-state index in [1.807, 2.05) is 0 Å². The summed E-state index contributed by atoms with van der Waals surface area (Å²) in [5.41, 5.74) is 0. The van der Waals surface area contributed by atoms with E-state index in [2.05, 4.69) is 0 Å². The zero-order valence-electron chi connectivity index (χ0n) is 2.90. The quantitative estimate of drug-likeness (QED) is 0.321. The molecular formula is O5SV. The molecule has 0 atom stereocenters. The van der Waals surface area contributed by atoms with E-state index in [0.29, 0.717) is 0 Å². The van der Waals surface area contributed by atoms with E-state index in [1.54, 1.807) is 0 Å². The van der Waals surface area contributed by atoms with Gasteiger partial charge in [-0.2, -0.15) is 0 Å². The maximum atomic E-state index is 8.52. The van der Waals surface area contributed by atoms with Crippen LogP contribution in [0.15, 0.2) is 0 Å². The summed E-state index contributed by atoms with van der Waals surface area (Å²) < 4.78 is 34.1. The van der Waals surface area contributed by atoms with Gasteiger partial charge in [-0.3, -0.25) is 8.42 Å². The molecule has 0 N–H and O–H groups in total. The molecule has 0 bridgehead atoms. The van der Waals surface area contributed by atoms with E-state index in [-0.39, 0.29) is 24.0 Å². The fraction of sp³-hybridized carbons (Fsp3) is 0. The van der Waals surface area contributed by atoms with Crippen LogP contribution in [0, 0.1) is 0 Å². The predicted octanol–water partition coefficient (Wildman–Crippen LogP) is -1.46. The van der Waals surface area contributed by atoms with Crippen LogP contribution < -0.4 is 0 Å². The molecule has 0 aliphatic carbocycles. The van der Waals surface area contributed by atoms with Gasteiger partial charge in [0.15, 0.2) is 0 Å². The van der Waals surface area contributed by atoms with Crippen molar-refractivity contribution in [3.63, 3.8) is 0 Å². The molecule has 0 aromatic carbocycles.